The highest BCUT2D eigenvalue weighted by molar-refractivity contribution is 5.91. The Morgan fingerprint density at radius 1 is 0.917 bits per heavy atom. The van der Waals surface area contributed by atoms with Crippen LogP contribution in [0.25, 0.3) is 0 Å². The lowest BCUT2D eigenvalue weighted by atomic mass is 9.83. The lowest BCUT2D eigenvalue weighted by molar-refractivity contribution is -0.150. The number of hydrazine groups is 1. The van der Waals surface area contributed by atoms with Gasteiger partial charge < -0.3 is 35.1 Å². The van der Waals surface area contributed by atoms with Crippen molar-refractivity contribution in [1.82, 2.24) is 35.5 Å². The molecule has 5 atom stereocenters. The molecule has 1 aliphatic heterocycles. The number of amides is 5. The van der Waals surface area contributed by atoms with Crippen molar-refractivity contribution in [2.75, 3.05) is 20.1 Å². The van der Waals surface area contributed by atoms with Crippen molar-refractivity contribution >= 4 is 29.9 Å². The Morgan fingerprint density at radius 2 is 1.60 bits per heavy atom. The number of imidazole rings is 1. The minimum Gasteiger partial charge on any atom is -0.444 e. The molecule has 1 saturated carbocycles. The Labute approximate surface area is 356 Å². The summed E-state index contributed by atoms with van der Waals surface area (Å²) < 4.78 is 11.5. The maximum absolute atomic E-state index is 14.7. The first-order valence-electron chi connectivity index (χ1n) is 22.0. The normalized spacial score (nSPS) is 17.4. The fraction of sp³-hybridized carbons (Fsp3) is 0.689. The van der Waals surface area contributed by atoms with Gasteiger partial charge in [0.15, 0.2) is 6.10 Å². The van der Waals surface area contributed by atoms with E-state index in [9.17, 15) is 29.1 Å². The number of likely N-dealkylation sites (N-methyl/N-ethyl adjacent to an activating group) is 1. The van der Waals surface area contributed by atoms with E-state index >= 15 is 0 Å². The largest absolute Gasteiger partial charge is 0.444 e. The number of hydrogen-bond acceptors (Lipinski definition) is 9. The number of aliphatic hydroxyl groups excluding tert-OH is 1. The Balaban J connectivity index is 1.59. The van der Waals surface area contributed by atoms with Crippen LogP contribution in [0, 0.1) is 17.8 Å². The lowest BCUT2D eigenvalue weighted by Crippen LogP contribution is -2.57. The van der Waals surface area contributed by atoms with Crippen LogP contribution in [0.4, 0.5) is 9.59 Å². The van der Waals surface area contributed by atoms with E-state index in [1.165, 1.54) is 34.7 Å². The monoisotopic (exact) mass is 838 g/mol. The van der Waals surface area contributed by atoms with Crippen LogP contribution in [0.1, 0.15) is 124 Å². The molecule has 2 heterocycles. The van der Waals surface area contributed by atoms with Crippen molar-refractivity contribution in [3.05, 3.63) is 54.1 Å². The number of aromatic amines is 1. The summed E-state index contributed by atoms with van der Waals surface area (Å²) in [6.07, 6.45) is 7.68. The molecule has 0 radical (unpaired) electrons. The molecule has 15 heteroatoms. The van der Waals surface area contributed by atoms with Crippen LogP contribution >= 0.6 is 0 Å². The molecule has 2 aliphatic rings. The molecule has 3 unspecified atom stereocenters. The number of nitrogens with zero attached hydrogens (tertiary/aromatic N) is 4. The van der Waals surface area contributed by atoms with E-state index in [1.807, 2.05) is 44.2 Å². The summed E-state index contributed by atoms with van der Waals surface area (Å²) in [5.41, 5.74) is 0.564. The molecule has 334 valence electrons. The van der Waals surface area contributed by atoms with E-state index in [-0.39, 0.29) is 31.8 Å². The van der Waals surface area contributed by atoms with Gasteiger partial charge in [-0.1, -0.05) is 90.1 Å². The molecule has 1 aromatic carbocycles. The van der Waals surface area contributed by atoms with Crippen molar-refractivity contribution in [2.45, 2.75) is 161 Å². The fourth-order valence-corrected chi connectivity index (χ4v) is 8.01. The van der Waals surface area contributed by atoms with Crippen molar-refractivity contribution in [1.29, 1.82) is 0 Å². The maximum Gasteiger partial charge on any atom is 0.429 e. The van der Waals surface area contributed by atoms with Crippen LogP contribution in [0.5, 0.6) is 0 Å². The SMILES string of the molecule is CC(C)CCC(O)C(CC1CCCCC1)NC(=O)[C@H](Cc1cnc[nH]1)N(C)C(=O)C(Cc1ccccc1)OC(=O)N1CCCN1C(=O)[C@H](CC(C)C)NC(=O)OC(C)(C)C. The summed E-state index contributed by atoms with van der Waals surface area (Å²) in [4.78, 5) is 78.6. The molecule has 5 amide bonds. The summed E-state index contributed by atoms with van der Waals surface area (Å²) in [7, 11) is 1.52. The number of H-pyrrole nitrogens is 1. The predicted molar refractivity (Wildman–Crippen MR) is 228 cm³/mol. The van der Waals surface area contributed by atoms with Crippen molar-refractivity contribution in [2.24, 2.45) is 17.8 Å². The molecular weight excluding hydrogens is 767 g/mol. The number of carbonyl (C=O) groups is 5. The van der Waals surface area contributed by atoms with E-state index < -0.39 is 65.8 Å². The minimum atomic E-state index is -1.37. The lowest BCUT2D eigenvalue weighted by Gasteiger charge is -2.35. The van der Waals surface area contributed by atoms with Crippen LogP contribution < -0.4 is 10.6 Å². The van der Waals surface area contributed by atoms with Gasteiger partial charge in [0, 0.05) is 44.9 Å². The molecule has 1 aromatic heterocycles. The second-order valence-corrected chi connectivity index (χ2v) is 18.5. The zero-order valence-corrected chi connectivity index (χ0v) is 37.2. The smallest absolute Gasteiger partial charge is 0.429 e. The van der Waals surface area contributed by atoms with Gasteiger partial charge >= 0.3 is 12.2 Å². The Bertz CT molecular complexity index is 1660. The second kappa shape index (κ2) is 22.8. The summed E-state index contributed by atoms with van der Waals surface area (Å²) in [5.74, 6) is -0.756. The minimum absolute atomic E-state index is 0.00430. The van der Waals surface area contributed by atoms with Gasteiger partial charge in [-0.3, -0.25) is 14.4 Å². The molecule has 15 nitrogen and oxygen atoms in total. The Hall–Kier alpha value is -4.66. The number of alkyl carbamates (subject to hydrolysis) is 1. The van der Waals surface area contributed by atoms with Gasteiger partial charge in [0.25, 0.3) is 11.8 Å². The summed E-state index contributed by atoms with van der Waals surface area (Å²) in [6, 6.07) is 6.59. The first kappa shape index (κ1) is 48.0. The van der Waals surface area contributed by atoms with Crippen LogP contribution in [-0.2, 0) is 36.7 Å². The number of rotatable bonds is 19. The first-order chi connectivity index (χ1) is 28.4. The van der Waals surface area contributed by atoms with Gasteiger partial charge in [0.05, 0.1) is 18.5 Å². The second-order valence-electron chi connectivity index (χ2n) is 18.5. The summed E-state index contributed by atoms with van der Waals surface area (Å²) in [5, 5.41) is 19.8. The fourth-order valence-electron chi connectivity index (χ4n) is 8.01. The highest BCUT2D eigenvalue weighted by Gasteiger charge is 2.41. The number of aromatic nitrogens is 2. The van der Waals surface area contributed by atoms with E-state index in [4.69, 9.17) is 9.47 Å². The molecule has 1 saturated heterocycles. The molecule has 4 rings (SSSR count). The van der Waals surface area contributed by atoms with E-state index in [0.29, 0.717) is 43.2 Å². The number of ether oxygens (including phenoxy) is 2. The van der Waals surface area contributed by atoms with Gasteiger partial charge in [-0.25, -0.2) is 24.6 Å². The van der Waals surface area contributed by atoms with E-state index in [1.54, 1.807) is 27.0 Å². The highest BCUT2D eigenvalue weighted by Crippen LogP contribution is 2.29. The van der Waals surface area contributed by atoms with Gasteiger partial charge in [-0.2, -0.15) is 0 Å². The third-order valence-electron chi connectivity index (χ3n) is 11.2. The zero-order chi connectivity index (χ0) is 44.0. The average Bonchev–Trinajstić information content (AvgIpc) is 3.90. The first-order valence-corrected chi connectivity index (χ1v) is 22.0. The van der Waals surface area contributed by atoms with Gasteiger partial charge in [0.2, 0.25) is 5.91 Å². The van der Waals surface area contributed by atoms with Crippen LogP contribution in [0.3, 0.4) is 0 Å². The average molecular weight is 838 g/mol. The van der Waals surface area contributed by atoms with Gasteiger partial charge in [0.1, 0.15) is 17.7 Å². The third-order valence-corrected chi connectivity index (χ3v) is 11.2. The number of aliphatic hydroxyl groups is 1. The van der Waals surface area contributed by atoms with Crippen LogP contribution in [-0.4, -0.2) is 116 Å². The molecule has 0 bridgehead atoms. The molecule has 2 fully saturated rings. The summed E-state index contributed by atoms with van der Waals surface area (Å²) in [6.45, 7) is 13.6. The predicted octanol–water partition coefficient (Wildman–Crippen LogP) is 6.17. The molecule has 4 N–H and O–H groups in total. The van der Waals surface area contributed by atoms with Crippen molar-refractivity contribution in [3.8, 4) is 0 Å². The van der Waals surface area contributed by atoms with E-state index in [2.05, 4.69) is 34.4 Å². The van der Waals surface area contributed by atoms with E-state index in [0.717, 1.165) is 37.7 Å². The third kappa shape index (κ3) is 15.1. The van der Waals surface area contributed by atoms with Crippen molar-refractivity contribution < 1.29 is 38.6 Å². The van der Waals surface area contributed by atoms with Gasteiger partial charge in [-0.05, 0) is 76.2 Å². The molecule has 0 spiro atoms. The number of benzene rings is 1. The standard InChI is InChI=1S/C45H71N7O8/c1-30(2)20-21-38(53)35(25-32-16-11-9-12-17-32)48-40(54)37(27-34-28-46-29-47-34)50(8)42(56)39(26-33-18-13-10-14-19-33)59-44(58)52-23-15-22-51(52)41(55)36(24-31(3)4)49-43(57)60-45(5,6)7/h10,13-14,18-19,28-32,35-39,53H,9,11-12,15-17,20-27H2,1-8H3,(H,46,47)(H,48,54)(H,49,57)/t35?,36-,37-,38?,39?/m0/s1. The van der Waals surface area contributed by atoms with Crippen LogP contribution in [0.15, 0.2) is 42.9 Å². The number of nitrogens with one attached hydrogen (secondary N) is 3. The Morgan fingerprint density at radius 3 is 2.22 bits per heavy atom. The molecule has 1 aliphatic carbocycles. The zero-order valence-electron chi connectivity index (χ0n) is 37.2. The van der Waals surface area contributed by atoms with Crippen LogP contribution in [0.2, 0.25) is 0 Å². The number of hydrogen-bond donors (Lipinski definition) is 4. The van der Waals surface area contributed by atoms with Crippen molar-refractivity contribution in [3.63, 3.8) is 0 Å². The molecule has 60 heavy (non-hydrogen) atoms. The molecule has 2 aromatic rings. The van der Waals surface area contributed by atoms with Gasteiger partial charge in [-0.15, -0.1) is 0 Å². The summed E-state index contributed by atoms with van der Waals surface area (Å²) >= 11 is 0. The maximum atomic E-state index is 14.7. The topological polar surface area (TPSA) is 186 Å². The Kier molecular flexibility index (Phi) is 18.2. The quantitative estimate of drug-likeness (QED) is 0.128. The molecular formula is C45H71N7O8. The highest BCUT2D eigenvalue weighted by atomic mass is 16.6. The number of carbonyl (C=O) groups excluding carboxylic acids is 5.